The van der Waals surface area contributed by atoms with Crippen molar-refractivity contribution < 1.29 is 18.1 Å². The van der Waals surface area contributed by atoms with Gasteiger partial charge < -0.3 is 23.7 Å². The molecule has 9 heteroatoms. The molecule has 174 valence electrons. The first-order valence-electron chi connectivity index (χ1n) is 11.0. The van der Waals surface area contributed by atoms with E-state index in [1.54, 1.807) is 18.4 Å². The molecule has 0 aliphatic carbocycles. The van der Waals surface area contributed by atoms with E-state index in [0.717, 1.165) is 47.9 Å². The summed E-state index contributed by atoms with van der Waals surface area (Å²) in [6, 6.07) is 10.5. The molecule has 1 atom stereocenters. The van der Waals surface area contributed by atoms with Crippen LogP contribution in [-0.2, 0) is 13.6 Å². The zero-order valence-corrected chi connectivity index (χ0v) is 21.6. The highest BCUT2D eigenvalue weighted by Gasteiger charge is 2.34. The maximum atomic E-state index is 6.05. The normalized spacial score (nSPS) is 18.8. The Hall–Kier alpha value is -1.54. The molecule has 0 spiro atoms. The van der Waals surface area contributed by atoms with Crippen molar-refractivity contribution in [2.24, 2.45) is 4.99 Å². The number of fused-ring (bicyclic) bond motifs is 2. The molecule has 0 radical (unpaired) electrons. The predicted molar refractivity (Wildman–Crippen MR) is 133 cm³/mol. The number of nitrogens with zero attached hydrogens (tertiary/aromatic N) is 3. The van der Waals surface area contributed by atoms with E-state index < -0.39 is 8.60 Å². The number of piperazine rings is 1. The second-order valence-corrected chi connectivity index (χ2v) is 12.1. The second-order valence-electron chi connectivity index (χ2n) is 9.60. The molecule has 2 aliphatic rings. The largest absolute Gasteiger partial charge is 0.345 e. The summed E-state index contributed by atoms with van der Waals surface area (Å²) in [5.41, 5.74) is 2.94. The van der Waals surface area contributed by atoms with Crippen molar-refractivity contribution >= 4 is 42.2 Å². The number of likely N-dealkylation sites (N-methyl/N-ethyl adjacent to an activating group) is 1. The molecule has 1 aromatic carbocycles. The summed E-state index contributed by atoms with van der Waals surface area (Å²) in [7, 11) is 2.53. The molecular weight excluding hydrogens is 443 g/mol. The number of para-hydroxylation sites is 2. The average molecular weight is 478 g/mol. The van der Waals surface area contributed by atoms with Crippen molar-refractivity contribution in [3.63, 3.8) is 0 Å². The van der Waals surface area contributed by atoms with E-state index in [1.807, 2.05) is 26.8 Å². The minimum absolute atomic E-state index is 0.294. The quantitative estimate of drug-likeness (QED) is 0.448. The van der Waals surface area contributed by atoms with Crippen LogP contribution < -0.4 is 5.32 Å². The Morgan fingerprint density at radius 1 is 1.22 bits per heavy atom. The topological polar surface area (TPSA) is 55.3 Å². The number of aryl methyl sites for hydroxylation is 1. The zero-order chi connectivity index (χ0) is 22.9. The van der Waals surface area contributed by atoms with Gasteiger partial charge in [0.05, 0.1) is 55.8 Å². The van der Waals surface area contributed by atoms with Crippen LogP contribution in [0.15, 0.2) is 35.3 Å². The third-order valence-corrected chi connectivity index (χ3v) is 7.85. The third kappa shape index (κ3) is 5.50. The van der Waals surface area contributed by atoms with Gasteiger partial charge in [0.15, 0.2) is 6.73 Å². The van der Waals surface area contributed by atoms with E-state index >= 15 is 0 Å². The molecule has 0 saturated carbocycles. The Morgan fingerprint density at radius 2 is 1.94 bits per heavy atom. The van der Waals surface area contributed by atoms with Gasteiger partial charge in [0.25, 0.3) is 0 Å². The van der Waals surface area contributed by atoms with Gasteiger partial charge in [0.2, 0.25) is 0 Å². The van der Waals surface area contributed by atoms with Crippen LogP contribution in [0.4, 0.5) is 16.4 Å². The lowest BCUT2D eigenvalue weighted by atomic mass is 10.2. The highest BCUT2D eigenvalue weighted by molar-refractivity contribution is 7.41. The number of anilines is 2. The number of thiophene rings is 1. The maximum absolute atomic E-state index is 6.05. The highest BCUT2D eigenvalue weighted by atomic mass is 32.1. The fraction of sp³-hybridized carbons (Fsp3) is 0.522. The smallest absolute Gasteiger partial charge is 0.337 e. The molecule has 1 unspecified atom stereocenters. The van der Waals surface area contributed by atoms with Crippen LogP contribution in [-0.4, -0.2) is 67.9 Å². The number of hydrogen-bond donors (Lipinski definition) is 1. The van der Waals surface area contributed by atoms with Crippen LogP contribution in [0.25, 0.3) is 0 Å². The Labute approximate surface area is 196 Å². The maximum Gasteiger partial charge on any atom is 0.337 e. The van der Waals surface area contributed by atoms with Crippen LogP contribution >= 0.6 is 19.9 Å². The molecule has 7 nitrogen and oxygen atoms in total. The number of aliphatic imine (C=N–C) groups is 1. The Kier molecular flexibility index (Phi) is 6.92. The third-order valence-electron chi connectivity index (χ3n) is 5.57. The van der Waals surface area contributed by atoms with E-state index in [9.17, 15) is 0 Å². The molecule has 3 heterocycles. The molecule has 1 N–H and O–H groups in total. The lowest BCUT2D eigenvalue weighted by molar-refractivity contribution is -0.928. The monoisotopic (exact) mass is 477 g/mol. The summed E-state index contributed by atoms with van der Waals surface area (Å²) in [6.45, 7) is 12.5. The summed E-state index contributed by atoms with van der Waals surface area (Å²) in [4.78, 5) is 8.81. The SMILES string of the molecule is COP(OC[N+]1(C)CCN(C2=Nc3ccccc3Nc3sc(C)cc32)CC1)OC(C)(C)C. The van der Waals surface area contributed by atoms with Gasteiger partial charge in [0.1, 0.15) is 10.8 Å². The molecule has 2 aliphatic heterocycles. The van der Waals surface area contributed by atoms with Crippen LogP contribution in [0.3, 0.4) is 0 Å². The average Bonchev–Trinajstić information content (AvgIpc) is 3.03. The van der Waals surface area contributed by atoms with E-state index in [0.29, 0.717) is 6.73 Å². The first kappa shape index (κ1) is 23.6. The molecule has 1 aromatic heterocycles. The van der Waals surface area contributed by atoms with Crippen molar-refractivity contribution in [3.8, 4) is 0 Å². The van der Waals surface area contributed by atoms with Crippen LogP contribution in [0.5, 0.6) is 0 Å². The fourth-order valence-corrected chi connectivity index (χ4v) is 5.78. The lowest BCUT2D eigenvalue weighted by Crippen LogP contribution is -2.59. The fourth-order valence-electron chi connectivity index (χ4n) is 3.80. The van der Waals surface area contributed by atoms with Gasteiger partial charge in [-0.05, 0) is 45.9 Å². The molecule has 0 bridgehead atoms. The van der Waals surface area contributed by atoms with Crippen molar-refractivity contribution in [2.75, 3.05) is 52.4 Å². The standard InChI is InChI=1S/C23H34N4O3PS/c1-17-15-18-21(24-19-9-7-8-10-20(19)25-22(18)32-17)26-11-13-27(5,14-12-26)16-29-31(28-6)30-23(2,3)4/h7-10,15,25H,11-14,16H2,1-6H3/q+1. The van der Waals surface area contributed by atoms with Gasteiger partial charge in [-0.3, -0.25) is 4.52 Å². The Balaban J connectivity index is 1.47. The Bertz CT molecular complexity index is 980. The minimum Gasteiger partial charge on any atom is -0.345 e. The highest BCUT2D eigenvalue weighted by Crippen LogP contribution is 2.43. The zero-order valence-electron chi connectivity index (χ0n) is 19.8. The number of nitrogens with one attached hydrogen (secondary N) is 1. The van der Waals surface area contributed by atoms with Gasteiger partial charge in [0, 0.05) is 12.0 Å². The molecule has 32 heavy (non-hydrogen) atoms. The van der Waals surface area contributed by atoms with Crippen molar-refractivity contribution in [1.29, 1.82) is 0 Å². The van der Waals surface area contributed by atoms with Gasteiger partial charge in [-0.15, -0.1) is 11.3 Å². The van der Waals surface area contributed by atoms with Gasteiger partial charge in [-0.2, -0.15) is 0 Å². The predicted octanol–water partition coefficient (Wildman–Crippen LogP) is 5.62. The number of amidine groups is 1. The Morgan fingerprint density at radius 3 is 2.62 bits per heavy atom. The van der Waals surface area contributed by atoms with E-state index in [1.165, 1.54) is 15.4 Å². The van der Waals surface area contributed by atoms with Crippen LogP contribution in [0.1, 0.15) is 31.2 Å². The number of quaternary nitrogens is 1. The second kappa shape index (κ2) is 9.37. The van der Waals surface area contributed by atoms with Crippen molar-refractivity contribution in [3.05, 3.63) is 40.8 Å². The van der Waals surface area contributed by atoms with Gasteiger partial charge in [-0.1, -0.05) is 12.1 Å². The summed E-state index contributed by atoms with van der Waals surface area (Å²) >= 11 is 1.78. The first-order chi connectivity index (χ1) is 15.2. The number of hydrogen-bond acceptors (Lipinski definition) is 7. The molecule has 4 rings (SSSR count). The van der Waals surface area contributed by atoms with E-state index in [-0.39, 0.29) is 5.60 Å². The molecule has 2 aromatic rings. The molecule has 0 amide bonds. The van der Waals surface area contributed by atoms with Crippen molar-refractivity contribution in [1.82, 2.24) is 4.90 Å². The van der Waals surface area contributed by atoms with Gasteiger partial charge in [-0.25, -0.2) is 4.99 Å². The van der Waals surface area contributed by atoms with Gasteiger partial charge >= 0.3 is 8.60 Å². The lowest BCUT2D eigenvalue weighted by Gasteiger charge is -2.42. The summed E-state index contributed by atoms with van der Waals surface area (Å²) < 4.78 is 18.2. The first-order valence-corrected chi connectivity index (χ1v) is 12.9. The molecular formula is C23H34N4O3PS+. The van der Waals surface area contributed by atoms with Crippen LogP contribution in [0.2, 0.25) is 0 Å². The minimum atomic E-state index is -1.35. The van der Waals surface area contributed by atoms with Crippen molar-refractivity contribution in [2.45, 2.75) is 33.3 Å². The summed E-state index contributed by atoms with van der Waals surface area (Å²) in [6.07, 6.45) is 0. The van der Waals surface area contributed by atoms with E-state index in [2.05, 4.69) is 48.5 Å². The molecule has 1 fully saturated rings. The van der Waals surface area contributed by atoms with Crippen LogP contribution in [0, 0.1) is 6.92 Å². The number of benzene rings is 1. The molecule has 1 saturated heterocycles. The summed E-state index contributed by atoms with van der Waals surface area (Å²) in [5, 5.41) is 4.76. The van der Waals surface area contributed by atoms with E-state index in [4.69, 9.17) is 18.6 Å². The summed E-state index contributed by atoms with van der Waals surface area (Å²) in [5.74, 6) is 1.06. The number of rotatable bonds is 5.